The van der Waals surface area contributed by atoms with E-state index in [1.54, 1.807) is 4.90 Å². The van der Waals surface area contributed by atoms with E-state index in [4.69, 9.17) is 5.11 Å². The zero-order valence-electron chi connectivity index (χ0n) is 11.3. The van der Waals surface area contributed by atoms with Crippen molar-refractivity contribution in [2.45, 2.75) is 44.1 Å². The van der Waals surface area contributed by atoms with Crippen molar-refractivity contribution in [2.75, 3.05) is 19.7 Å². The third-order valence-corrected chi connectivity index (χ3v) is 4.05. The van der Waals surface area contributed by atoms with E-state index < -0.39 is 30.9 Å². The molecule has 0 spiro atoms. The van der Waals surface area contributed by atoms with E-state index in [1.807, 2.05) is 0 Å². The zero-order valence-corrected chi connectivity index (χ0v) is 11.3. The summed E-state index contributed by atoms with van der Waals surface area (Å²) < 4.78 is 25.7. The molecule has 0 bridgehead atoms. The van der Waals surface area contributed by atoms with E-state index in [0.717, 1.165) is 25.7 Å². The van der Waals surface area contributed by atoms with E-state index in [1.165, 1.54) is 0 Å². The van der Waals surface area contributed by atoms with Gasteiger partial charge in [0, 0.05) is 19.0 Å². The largest absolute Gasteiger partial charge is 0.390 e. The first-order valence-corrected chi connectivity index (χ1v) is 6.99. The molecular formula is C13H20F2N2O3. The predicted molar refractivity (Wildman–Crippen MR) is 67.1 cm³/mol. The van der Waals surface area contributed by atoms with Crippen LogP contribution in [0.4, 0.5) is 8.78 Å². The summed E-state index contributed by atoms with van der Waals surface area (Å²) in [6.45, 7) is -1.87. The van der Waals surface area contributed by atoms with Crippen LogP contribution in [0.25, 0.3) is 0 Å². The van der Waals surface area contributed by atoms with Crippen molar-refractivity contribution in [1.29, 1.82) is 0 Å². The summed E-state index contributed by atoms with van der Waals surface area (Å²) in [5.74, 6) is -4.47. The number of amides is 2. The summed E-state index contributed by atoms with van der Waals surface area (Å²) in [6, 6.07) is 0.208. The zero-order chi connectivity index (χ0) is 14.8. The first-order valence-electron chi connectivity index (χ1n) is 6.99. The van der Waals surface area contributed by atoms with Gasteiger partial charge < -0.3 is 15.3 Å². The summed E-state index contributed by atoms with van der Waals surface area (Å²) in [5.41, 5.74) is 0. The summed E-state index contributed by atoms with van der Waals surface area (Å²) >= 11 is 0. The number of likely N-dealkylation sites (tertiary alicyclic amines) is 1. The minimum atomic E-state index is -3.32. The summed E-state index contributed by atoms with van der Waals surface area (Å²) in [7, 11) is 0. The topological polar surface area (TPSA) is 69.6 Å². The second-order valence-corrected chi connectivity index (χ2v) is 5.62. The van der Waals surface area contributed by atoms with Gasteiger partial charge in [0.2, 0.25) is 11.8 Å². The van der Waals surface area contributed by atoms with Crippen LogP contribution in [-0.2, 0) is 9.59 Å². The van der Waals surface area contributed by atoms with Gasteiger partial charge in [-0.1, -0.05) is 12.8 Å². The number of aliphatic hydroxyl groups is 1. The third kappa shape index (κ3) is 3.45. The Morgan fingerprint density at radius 3 is 2.65 bits per heavy atom. The lowest BCUT2D eigenvalue weighted by atomic mass is 10.1. The molecule has 2 aliphatic rings. The van der Waals surface area contributed by atoms with Gasteiger partial charge >= 0.3 is 0 Å². The van der Waals surface area contributed by atoms with Gasteiger partial charge in [-0.3, -0.25) is 9.59 Å². The van der Waals surface area contributed by atoms with Crippen molar-refractivity contribution >= 4 is 11.8 Å². The van der Waals surface area contributed by atoms with Gasteiger partial charge in [0.05, 0.1) is 12.5 Å². The molecule has 114 valence electrons. The van der Waals surface area contributed by atoms with Crippen molar-refractivity contribution < 1.29 is 23.5 Å². The smallest absolute Gasteiger partial charge is 0.287 e. The number of hydrogen-bond acceptors (Lipinski definition) is 3. The molecule has 5 nitrogen and oxygen atoms in total. The Labute approximate surface area is 116 Å². The molecule has 2 N–H and O–H groups in total. The molecule has 0 aromatic heterocycles. The van der Waals surface area contributed by atoms with Gasteiger partial charge in [0.15, 0.2) is 0 Å². The van der Waals surface area contributed by atoms with Crippen molar-refractivity contribution in [1.82, 2.24) is 10.2 Å². The lowest BCUT2D eigenvalue weighted by Crippen LogP contribution is -2.42. The lowest BCUT2D eigenvalue weighted by Gasteiger charge is -2.24. The van der Waals surface area contributed by atoms with Crippen molar-refractivity contribution in [2.24, 2.45) is 5.92 Å². The Hall–Kier alpha value is -1.24. The molecule has 1 heterocycles. The summed E-state index contributed by atoms with van der Waals surface area (Å²) in [6.07, 6.45) is 4.19. The number of nitrogens with one attached hydrogen (secondary N) is 1. The van der Waals surface area contributed by atoms with E-state index in [0.29, 0.717) is 6.54 Å². The fourth-order valence-corrected chi connectivity index (χ4v) is 2.89. The lowest BCUT2D eigenvalue weighted by molar-refractivity contribution is -0.130. The van der Waals surface area contributed by atoms with Crippen LogP contribution < -0.4 is 5.32 Å². The number of carbonyl (C=O) groups excluding carboxylic acids is 2. The van der Waals surface area contributed by atoms with Gasteiger partial charge in [0.1, 0.15) is 6.61 Å². The van der Waals surface area contributed by atoms with E-state index in [9.17, 15) is 18.4 Å². The Kier molecular flexibility index (Phi) is 4.57. The highest BCUT2D eigenvalue weighted by Crippen LogP contribution is 2.29. The van der Waals surface area contributed by atoms with E-state index in [2.05, 4.69) is 5.32 Å². The molecule has 0 radical (unpaired) electrons. The summed E-state index contributed by atoms with van der Waals surface area (Å²) in [5, 5.41) is 10.6. The first kappa shape index (κ1) is 15.2. The van der Waals surface area contributed by atoms with Gasteiger partial charge in [-0.15, -0.1) is 0 Å². The van der Waals surface area contributed by atoms with Crippen LogP contribution in [0.3, 0.4) is 0 Å². The van der Waals surface area contributed by atoms with Crippen LogP contribution in [0.1, 0.15) is 32.1 Å². The number of aliphatic hydroxyl groups excluding tert-OH is 1. The molecule has 1 aliphatic heterocycles. The van der Waals surface area contributed by atoms with Crippen LogP contribution in [0.5, 0.6) is 0 Å². The molecule has 1 saturated heterocycles. The van der Waals surface area contributed by atoms with Crippen molar-refractivity contribution in [3.05, 3.63) is 0 Å². The second kappa shape index (κ2) is 6.03. The first-order chi connectivity index (χ1) is 9.43. The second-order valence-electron chi connectivity index (χ2n) is 5.62. The number of carbonyl (C=O) groups is 2. The van der Waals surface area contributed by atoms with Crippen LogP contribution in [0.15, 0.2) is 0 Å². The molecule has 0 aromatic carbocycles. The van der Waals surface area contributed by atoms with Crippen LogP contribution >= 0.6 is 0 Å². The summed E-state index contributed by atoms with van der Waals surface area (Å²) in [4.78, 5) is 25.4. The van der Waals surface area contributed by atoms with E-state index >= 15 is 0 Å². The monoisotopic (exact) mass is 290 g/mol. The van der Waals surface area contributed by atoms with Gasteiger partial charge in [-0.2, -0.15) is 0 Å². The molecule has 2 amide bonds. The Bertz CT molecular complexity index is 384. The molecule has 1 unspecified atom stereocenters. The molecule has 1 aliphatic carbocycles. The molecular weight excluding hydrogens is 270 g/mol. The number of halogens is 2. The molecule has 7 heteroatoms. The predicted octanol–water partition coefficient (Wildman–Crippen LogP) is 0.521. The standard InChI is InChI=1S/C13H20F2N2O3/c14-13(15,8-18)7-16-12(20)9-5-11(19)17(6-9)10-3-1-2-4-10/h9-10,18H,1-8H2,(H,16,20). The van der Waals surface area contributed by atoms with Crippen LogP contribution in [0, 0.1) is 5.92 Å². The third-order valence-electron chi connectivity index (χ3n) is 4.05. The normalized spacial score (nSPS) is 24.4. The minimum absolute atomic E-state index is 0.0639. The number of rotatable bonds is 5. The Morgan fingerprint density at radius 2 is 2.05 bits per heavy atom. The molecule has 2 rings (SSSR count). The maximum atomic E-state index is 12.9. The molecule has 2 fully saturated rings. The van der Waals surface area contributed by atoms with Gasteiger partial charge in [-0.25, -0.2) is 8.78 Å². The maximum Gasteiger partial charge on any atom is 0.287 e. The van der Waals surface area contributed by atoms with Gasteiger partial charge in [-0.05, 0) is 12.8 Å². The van der Waals surface area contributed by atoms with E-state index in [-0.39, 0.29) is 18.4 Å². The van der Waals surface area contributed by atoms with Crippen LogP contribution in [-0.4, -0.2) is 53.5 Å². The van der Waals surface area contributed by atoms with Crippen LogP contribution in [0.2, 0.25) is 0 Å². The molecule has 0 aromatic rings. The highest BCUT2D eigenvalue weighted by Gasteiger charge is 2.39. The maximum absolute atomic E-state index is 12.9. The highest BCUT2D eigenvalue weighted by molar-refractivity contribution is 5.89. The number of hydrogen-bond donors (Lipinski definition) is 2. The number of alkyl halides is 2. The highest BCUT2D eigenvalue weighted by atomic mass is 19.3. The van der Waals surface area contributed by atoms with Crippen molar-refractivity contribution in [3.63, 3.8) is 0 Å². The number of nitrogens with zero attached hydrogens (tertiary/aromatic N) is 1. The fourth-order valence-electron chi connectivity index (χ4n) is 2.89. The fraction of sp³-hybridized carbons (Fsp3) is 0.846. The average molecular weight is 290 g/mol. The van der Waals surface area contributed by atoms with Gasteiger partial charge in [0.25, 0.3) is 5.92 Å². The quantitative estimate of drug-likeness (QED) is 0.775. The van der Waals surface area contributed by atoms with Crippen molar-refractivity contribution in [3.8, 4) is 0 Å². The Balaban J connectivity index is 1.84. The minimum Gasteiger partial charge on any atom is -0.390 e. The molecule has 20 heavy (non-hydrogen) atoms. The Morgan fingerprint density at radius 1 is 1.40 bits per heavy atom. The SMILES string of the molecule is O=C(NCC(F)(F)CO)C1CC(=O)N(C2CCCC2)C1. The molecule has 1 saturated carbocycles. The average Bonchev–Trinajstić information content (AvgIpc) is 3.05. The molecule has 1 atom stereocenters.